The van der Waals surface area contributed by atoms with Crippen LogP contribution < -0.4 is 0 Å². The zero-order valence-electron chi connectivity index (χ0n) is 13.2. The number of ether oxygens (including phenoxy) is 4. The van der Waals surface area contributed by atoms with Crippen LogP contribution in [-0.2, 0) is 18.9 Å². The Bertz CT molecular complexity index is 717. The van der Waals surface area contributed by atoms with Gasteiger partial charge in [0, 0.05) is 12.7 Å². The third kappa shape index (κ3) is 2.71. The second-order valence-electron chi connectivity index (χ2n) is 6.13. The van der Waals surface area contributed by atoms with Crippen LogP contribution in [0.3, 0.4) is 0 Å². The first-order valence-electron chi connectivity index (χ1n) is 7.97. The molecule has 2 aliphatic rings. The van der Waals surface area contributed by atoms with Gasteiger partial charge in [0.15, 0.2) is 12.6 Å². The van der Waals surface area contributed by atoms with Crippen molar-refractivity contribution in [3.05, 3.63) is 48.0 Å². The van der Waals surface area contributed by atoms with E-state index in [1.807, 2.05) is 42.5 Å². The molecule has 2 saturated heterocycles. The predicted octanol–water partition coefficient (Wildman–Crippen LogP) is 1.35. The van der Waals surface area contributed by atoms with Crippen molar-refractivity contribution in [3.8, 4) is 0 Å². The Morgan fingerprint density at radius 3 is 2.58 bits per heavy atom. The van der Waals surface area contributed by atoms with Gasteiger partial charge >= 0.3 is 0 Å². The van der Waals surface area contributed by atoms with Gasteiger partial charge in [0.2, 0.25) is 0 Å². The van der Waals surface area contributed by atoms with E-state index in [1.54, 1.807) is 0 Å². The fraction of sp³-hybridized carbons (Fsp3) is 0.444. The first kappa shape index (κ1) is 16.0. The highest BCUT2D eigenvalue weighted by Crippen LogP contribution is 2.35. The lowest BCUT2D eigenvalue weighted by atomic mass is 9.97. The molecule has 0 aliphatic carbocycles. The minimum absolute atomic E-state index is 0.256. The zero-order chi connectivity index (χ0) is 16.7. The maximum atomic E-state index is 10.3. The highest BCUT2D eigenvalue weighted by molar-refractivity contribution is 5.83. The van der Waals surface area contributed by atoms with E-state index in [0.717, 1.165) is 16.3 Å². The molecule has 6 atom stereocenters. The standard InChI is InChI=1S/C18H20O6/c1-21-18-15(20)14(19)16-13(23-18)9-22-17(24-16)12-7-6-10-4-2-3-5-11(10)8-12/h2-8,13-20H,9H2,1H3/t13-,14-,15-,16-,17?,18+/m1/s1. The molecule has 2 aromatic carbocycles. The van der Waals surface area contributed by atoms with E-state index in [2.05, 4.69) is 0 Å². The molecule has 6 nitrogen and oxygen atoms in total. The van der Waals surface area contributed by atoms with Crippen molar-refractivity contribution in [2.45, 2.75) is 37.0 Å². The Kier molecular flexibility index (Phi) is 4.26. The van der Waals surface area contributed by atoms with Gasteiger partial charge in [0.25, 0.3) is 0 Å². The lowest BCUT2D eigenvalue weighted by Crippen LogP contribution is -2.62. The summed E-state index contributed by atoms with van der Waals surface area (Å²) in [5, 5.41) is 22.6. The second kappa shape index (κ2) is 6.40. The van der Waals surface area contributed by atoms with Crippen LogP contribution in [-0.4, -0.2) is 54.6 Å². The highest BCUT2D eigenvalue weighted by Gasteiger charge is 2.48. The Labute approximate surface area is 139 Å². The molecule has 0 saturated carbocycles. The van der Waals surface area contributed by atoms with Crippen molar-refractivity contribution in [3.63, 3.8) is 0 Å². The molecule has 2 fully saturated rings. The molecule has 2 N–H and O–H groups in total. The number of hydrogen-bond acceptors (Lipinski definition) is 6. The fourth-order valence-electron chi connectivity index (χ4n) is 3.30. The molecule has 128 valence electrons. The van der Waals surface area contributed by atoms with Crippen molar-refractivity contribution >= 4 is 10.8 Å². The summed E-state index contributed by atoms with van der Waals surface area (Å²) < 4.78 is 22.3. The maximum Gasteiger partial charge on any atom is 0.186 e. The molecule has 1 unspecified atom stereocenters. The molecule has 6 heteroatoms. The van der Waals surface area contributed by atoms with Gasteiger partial charge in [-0.3, -0.25) is 0 Å². The summed E-state index contributed by atoms with van der Waals surface area (Å²) in [6.45, 7) is 0.256. The molecule has 4 rings (SSSR count). The van der Waals surface area contributed by atoms with Crippen LogP contribution in [0.1, 0.15) is 11.9 Å². The van der Waals surface area contributed by atoms with Gasteiger partial charge in [-0.2, -0.15) is 0 Å². The van der Waals surface area contributed by atoms with Crippen LogP contribution in [0.2, 0.25) is 0 Å². The minimum Gasteiger partial charge on any atom is -0.387 e. The van der Waals surface area contributed by atoms with Crippen LogP contribution in [0.5, 0.6) is 0 Å². The third-order valence-corrected chi connectivity index (χ3v) is 4.61. The van der Waals surface area contributed by atoms with Gasteiger partial charge in [0.05, 0.1) is 6.61 Å². The first-order chi connectivity index (χ1) is 11.7. The number of fused-ring (bicyclic) bond motifs is 2. The molecule has 0 aromatic heterocycles. The molecular weight excluding hydrogens is 312 g/mol. The van der Waals surface area contributed by atoms with Crippen molar-refractivity contribution in [2.24, 2.45) is 0 Å². The van der Waals surface area contributed by atoms with E-state index >= 15 is 0 Å². The van der Waals surface area contributed by atoms with Gasteiger partial charge in [-0.05, 0) is 16.8 Å². The first-order valence-corrected chi connectivity index (χ1v) is 7.97. The summed E-state index contributed by atoms with van der Waals surface area (Å²) in [6, 6.07) is 14.0. The Hall–Kier alpha value is -1.54. The summed E-state index contributed by atoms with van der Waals surface area (Å²) in [6.07, 6.45) is -4.90. The fourth-order valence-corrected chi connectivity index (χ4v) is 3.30. The summed E-state index contributed by atoms with van der Waals surface area (Å²) in [7, 11) is 1.42. The Morgan fingerprint density at radius 1 is 1.00 bits per heavy atom. The number of methoxy groups -OCH3 is 1. The number of rotatable bonds is 2. The second-order valence-corrected chi connectivity index (χ2v) is 6.13. The molecule has 2 aliphatic heterocycles. The van der Waals surface area contributed by atoms with Crippen LogP contribution in [0, 0.1) is 0 Å². The number of benzene rings is 2. The molecule has 2 aromatic rings. The summed E-state index contributed by atoms with van der Waals surface area (Å²) in [5.74, 6) is 0. The van der Waals surface area contributed by atoms with E-state index in [-0.39, 0.29) is 6.61 Å². The number of aliphatic hydroxyl groups excluding tert-OH is 2. The average Bonchev–Trinajstić information content (AvgIpc) is 2.64. The van der Waals surface area contributed by atoms with Gasteiger partial charge in [-0.25, -0.2) is 0 Å². The van der Waals surface area contributed by atoms with Gasteiger partial charge in [-0.1, -0.05) is 36.4 Å². The quantitative estimate of drug-likeness (QED) is 0.864. The number of hydrogen-bond donors (Lipinski definition) is 2. The van der Waals surface area contributed by atoms with Gasteiger partial charge in [0.1, 0.15) is 24.4 Å². The molecule has 24 heavy (non-hydrogen) atoms. The van der Waals surface area contributed by atoms with Crippen LogP contribution in [0.4, 0.5) is 0 Å². The highest BCUT2D eigenvalue weighted by atomic mass is 16.7. The van der Waals surface area contributed by atoms with Gasteiger partial charge in [-0.15, -0.1) is 0 Å². The van der Waals surface area contributed by atoms with Crippen molar-refractivity contribution in [2.75, 3.05) is 13.7 Å². The smallest absolute Gasteiger partial charge is 0.186 e. The third-order valence-electron chi connectivity index (χ3n) is 4.61. The van der Waals surface area contributed by atoms with E-state index in [1.165, 1.54) is 7.11 Å². The van der Waals surface area contributed by atoms with Crippen molar-refractivity contribution < 1.29 is 29.2 Å². The zero-order valence-corrected chi connectivity index (χ0v) is 13.2. The summed E-state index contributed by atoms with van der Waals surface area (Å²) >= 11 is 0. The van der Waals surface area contributed by atoms with Crippen LogP contribution >= 0.6 is 0 Å². The number of aliphatic hydroxyl groups is 2. The van der Waals surface area contributed by atoms with E-state index in [0.29, 0.717) is 0 Å². The molecule has 0 radical (unpaired) electrons. The maximum absolute atomic E-state index is 10.3. The van der Waals surface area contributed by atoms with E-state index in [4.69, 9.17) is 18.9 Å². The largest absolute Gasteiger partial charge is 0.387 e. The topological polar surface area (TPSA) is 77.4 Å². The van der Waals surface area contributed by atoms with Gasteiger partial charge < -0.3 is 29.2 Å². The lowest BCUT2D eigenvalue weighted by Gasteiger charge is -2.45. The normalized spacial score (nSPS) is 36.5. The summed E-state index contributed by atoms with van der Waals surface area (Å²) in [5.41, 5.74) is 0.864. The van der Waals surface area contributed by atoms with Crippen molar-refractivity contribution in [1.82, 2.24) is 0 Å². The minimum atomic E-state index is -1.16. The molecular formula is C18H20O6. The average molecular weight is 332 g/mol. The molecule has 0 amide bonds. The van der Waals surface area contributed by atoms with Crippen LogP contribution in [0.25, 0.3) is 10.8 Å². The lowest BCUT2D eigenvalue weighted by molar-refractivity contribution is -0.358. The Morgan fingerprint density at radius 2 is 1.79 bits per heavy atom. The van der Waals surface area contributed by atoms with E-state index in [9.17, 15) is 10.2 Å². The predicted molar refractivity (Wildman–Crippen MR) is 85.2 cm³/mol. The van der Waals surface area contributed by atoms with Crippen molar-refractivity contribution in [1.29, 1.82) is 0 Å². The van der Waals surface area contributed by atoms with E-state index < -0.39 is 37.0 Å². The Balaban J connectivity index is 1.56. The monoisotopic (exact) mass is 332 g/mol. The molecule has 0 bridgehead atoms. The van der Waals surface area contributed by atoms with Crippen LogP contribution in [0.15, 0.2) is 42.5 Å². The molecule has 0 spiro atoms. The SMILES string of the molecule is CO[C@H]1O[C@@H]2COC(c3ccc4ccccc4c3)O[C@H]2[C@H](O)[C@H]1O. The summed E-state index contributed by atoms with van der Waals surface area (Å²) in [4.78, 5) is 0. The molecule has 2 heterocycles.